The molecule has 0 aliphatic carbocycles. The summed E-state index contributed by atoms with van der Waals surface area (Å²) in [6, 6.07) is 0. The highest BCUT2D eigenvalue weighted by Gasteiger charge is 2.30. The summed E-state index contributed by atoms with van der Waals surface area (Å²) in [5.74, 6) is 0.177. The molecule has 0 heterocycles. The maximum Gasteiger partial charge on any atom is 0.472 e. The quantitative estimate of drug-likeness (QED) is 0.0222. The van der Waals surface area contributed by atoms with Gasteiger partial charge < -0.3 is 33.8 Å². The number of hydrogen-bond acceptors (Lipinski definition) is 15. The van der Waals surface area contributed by atoms with Crippen LogP contribution in [-0.4, -0.2) is 96.7 Å². The summed E-state index contributed by atoms with van der Waals surface area (Å²) in [5, 5.41) is 10.6. The van der Waals surface area contributed by atoms with Gasteiger partial charge in [0.05, 0.1) is 26.4 Å². The van der Waals surface area contributed by atoms with Gasteiger partial charge in [-0.05, 0) is 43.4 Å². The number of carbonyl (C=O) groups excluding carboxylic acids is 4. The van der Waals surface area contributed by atoms with Crippen molar-refractivity contribution in [1.29, 1.82) is 0 Å². The van der Waals surface area contributed by atoms with Crippen LogP contribution in [0.3, 0.4) is 0 Å². The molecule has 0 aromatic carbocycles. The summed E-state index contributed by atoms with van der Waals surface area (Å²) < 4.78 is 68.5. The Hall–Kier alpha value is -1.94. The molecule has 0 aromatic heterocycles. The lowest BCUT2D eigenvalue weighted by molar-refractivity contribution is -0.161. The van der Waals surface area contributed by atoms with Crippen molar-refractivity contribution in [3.05, 3.63) is 0 Å². The number of aliphatic hydroxyl groups is 1. The second-order valence-electron chi connectivity index (χ2n) is 28.7. The first kappa shape index (κ1) is 94.1. The molecule has 19 heteroatoms. The highest BCUT2D eigenvalue weighted by molar-refractivity contribution is 7.47. The maximum atomic E-state index is 13.1. The molecule has 0 fully saturated rings. The van der Waals surface area contributed by atoms with E-state index in [0.29, 0.717) is 31.6 Å². The molecule has 0 aliphatic heterocycles. The topological polar surface area (TPSA) is 237 Å². The van der Waals surface area contributed by atoms with E-state index in [4.69, 9.17) is 37.0 Å². The summed E-state index contributed by atoms with van der Waals surface area (Å²) in [4.78, 5) is 72.8. The van der Waals surface area contributed by atoms with Crippen LogP contribution in [0.15, 0.2) is 0 Å². The maximum absolute atomic E-state index is 13.1. The van der Waals surface area contributed by atoms with Crippen molar-refractivity contribution in [3.63, 3.8) is 0 Å². The molecule has 0 aliphatic rings. The van der Waals surface area contributed by atoms with Crippen LogP contribution in [0.2, 0.25) is 0 Å². The van der Waals surface area contributed by atoms with Gasteiger partial charge in [-0.3, -0.25) is 37.3 Å². The summed E-state index contributed by atoms with van der Waals surface area (Å²) in [6.07, 6.45) is 54.3. The van der Waals surface area contributed by atoms with E-state index >= 15 is 0 Å². The minimum absolute atomic E-state index is 0.103. The molecule has 3 N–H and O–H groups in total. The Morgan fingerprint density at radius 2 is 0.531 bits per heavy atom. The lowest BCUT2D eigenvalue weighted by atomic mass is 9.99. The minimum Gasteiger partial charge on any atom is -0.462 e. The Kier molecular flexibility index (Phi) is 66.2. The van der Waals surface area contributed by atoms with Crippen molar-refractivity contribution in [2.24, 2.45) is 17.8 Å². The molecule has 0 amide bonds. The molecule has 0 spiro atoms. The summed E-state index contributed by atoms with van der Waals surface area (Å²) in [6.45, 7) is 11.9. The van der Waals surface area contributed by atoms with Crippen molar-refractivity contribution < 1.29 is 80.2 Å². The molecule has 96 heavy (non-hydrogen) atoms. The molecule has 0 radical (unpaired) electrons. The molecule has 0 aromatic rings. The van der Waals surface area contributed by atoms with Crippen LogP contribution in [0.5, 0.6) is 0 Å². The van der Waals surface area contributed by atoms with Gasteiger partial charge in [-0.15, -0.1) is 0 Å². The largest absolute Gasteiger partial charge is 0.472 e. The molecular weight excluding hydrogens is 1260 g/mol. The zero-order chi connectivity index (χ0) is 70.9. The Labute approximate surface area is 588 Å². The number of ether oxygens (including phenoxy) is 4. The van der Waals surface area contributed by atoms with Crippen LogP contribution < -0.4 is 0 Å². The molecule has 0 saturated heterocycles. The van der Waals surface area contributed by atoms with Crippen LogP contribution >= 0.6 is 15.6 Å². The zero-order valence-corrected chi connectivity index (χ0v) is 64.6. The number of carbonyl (C=O) groups is 4. The van der Waals surface area contributed by atoms with Gasteiger partial charge in [-0.25, -0.2) is 9.13 Å². The predicted octanol–water partition coefficient (Wildman–Crippen LogP) is 22.6. The highest BCUT2D eigenvalue weighted by atomic mass is 31.2. The van der Waals surface area contributed by atoms with Crippen molar-refractivity contribution in [3.8, 4) is 0 Å². The summed E-state index contributed by atoms with van der Waals surface area (Å²) >= 11 is 0. The van der Waals surface area contributed by atoms with Crippen LogP contribution in [0.1, 0.15) is 395 Å². The molecule has 0 saturated carbocycles. The minimum atomic E-state index is -4.96. The van der Waals surface area contributed by atoms with Crippen molar-refractivity contribution >= 4 is 39.5 Å². The van der Waals surface area contributed by atoms with Crippen LogP contribution in [0.25, 0.3) is 0 Å². The van der Waals surface area contributed by atoms with Crippen LogP contribution in [0.4, 0.5) is 0 Å². The van der Waals surface area contributed by atoms with Gasteiger partial charge in [0.25, 0.3) is 0 Å². The molecule has 7 atom stereocenters. The number of hydrogen-bond donors (Lipinski definition) is 3. The van der Waals surface area contributed by atoms with E-state index in [1.807, 2.05) is 0 Å². The Balaban J connectivity index is 5.19. The molecule has 0 rings (SSSR count). The van der Waals surface area contributed by atoms with Crippen LogP contribution in [0, 0.1) is 17.8 Å². The molecule has 570 valence electrons. The third-order valence-corrected chi connectivity index (χ3v) is 20.5. The first-order chi connectivity index (χ1) is 46.3. The molecule has 0 bridgehead atoms. The summed E-state index contributed by atoms with van der Waals surface area (Å²) in [5.41, 5.74) is 0. The number of aliphatic hydroxyl groups excluding tert-OH is 1. The summed E-state index contributed by atoms with van der Waals surface area (Å²) in [7, 11) is -9.91. The first-order valence-corrected chi connectivity index (χ1v) is 42.9. The van der Waals surface area contributed by atoms with Gasteiger partial charge in [0.15, 0.2) is 12.2 Å². The standard InChI is InChI=1S/C77H150O17P2/c1-8-11-12-13-14-15-16-17-25-28-31-36-44-51-58-74(79)87-64-72(93-76(81)60-53-46-37-32-29-26-23-21-19-18-20-22-24-27-30-35-42-49-56-69(6)9-2)66-91-95(83,84)89-62-71(78)63-90-96(85,86)92-67-73(94-77(82)61-54-47-38-33-34-41-48-55-68(4)5)65-88-75(80)59-52-45-40-39-43-50-57-70(7)10-3/h68-73,78H,8-67H2,1-7H3,(H,83,84)(H,85,86)/t69?,70?,71-,72-,73-/m1/s1. The van der Waals surface area contributed by atoms with Gasteiger partial charge in [-0.1, -0.05) is 344 Å². The van der Waals surface area contributed by atoms with E-state index in [-0.39, 0.29) is 25.7 Å². The lowest BCUT2D eigenvalue weighted by Crippen LogP contribution is -2.30. The Morgan fingerprint density at radius 3 is 0.792 bits per heavy atom. The number of phosphoric ester groups is 2. The molecule has 4 unspecified atom stereocenters. The van der Waals surface area contributed by atoms with E-state index < -0.39 is 97.5 Å². The van der Waals surface area contributed by atoms with E-state index in [1.165, 1.54) is 199 Å². The fraction of sp³-hybridized carbons (Fsp3) is 0.948. The average molecular weight is 1410 g/mol. The fourth-order valence-electron chi connectivity index (χ4n) is 11.7. The van der Waals surface area contributed by atoms with Gasteiger partial charge in [-0.2, -0.15) is 0 Å². The van der Waals surface area contributed by atoms with Crippen molar-refractivity contribution in [2.45, 2.75) is 414 Å². The normalized spacial score (nSPS) is 14.6. The van der Waals surface area contributed by atoms with E-state index in [0.717, 1.165) is 108 Å². The number of unbranched alkanes of at least 4 members (excludes halogenated alkanes) is 41. The number of esters is 4. The fourth-order valence-corrected chi connectivity index (χ4v) is 13.3. The second kappa shape index (κ2) is 67.5. The number of rotatable bonds is 75. The van der Waals surface area contributed by atoms with Crippen molar-refractivity contribution in [1.82, 2.24) is 0 Å². The number of phosphoric acid groups is 2. The smallest absolute Gasteiger partial charge is 0.462 e. The zero-order valence-electron chi connectivity index (χ0n) is 62.8. The second-order valence-corrected chi connectivity index (χ2v) is 31.6. The Bertz CT molecular complexity index is 1870. The predicted molar refractivity (Wildman–Crippen MR) is 391 cm³/mol. The van der Waals surface area contributed by atoms with E-state index in [9.17, 15) is 43.2 Å². The highest BCUT2D eigenvalue weighted by Crippen LogP contribution is 2.45. The Morgan fingerprint density at radius 1 is 0.302 bits per heavy atom. The van der Waals surface area contributed by atoms with Gasteiger partial charge in [0.2, 0.25) is 0 Å². The molecule has 17 nitrogen and oxygen atoms in total. The first-order valence-electron chi connectivity index (χ1n) is 39.9. The van der Waals surface area contributed by atoms with Gasteiger partial charge >= 0.3 is 39.5 Å². The van der Waals surface area contributed by atoms with Gasteiger partial charge in [0, 0.05) is 25.7 Å². The third kappa shape index (κ3) is 67.9. The van der Waals surface area contributed by atoms with Crippen molar-refractivity contribution in [2.75, 3.05) is 39.6 Å². The average Bonchev–Trinajstić information content (AvgIpc) is 1.18. The van der Waals surface area contributed by atoms with Crippen LogP contribution in [-0.2, 0) is 65.4 Å². The lowest BCUT2D eigenvalue weighted by Gasteiger charge is -2.21. The van der Waals surface area contributed by atoms with E-state index in [1.54, 1.807) is 0 Å². The van der Waals surface area contributed by atoms with E-state index in [2.05, 4.69) is 48.5 Å². The SMILES string of the molecule is CCCCCCCCCCCCCCCCC(=O)OC[C@H](COP(=O)(O)OC[C@@H](O)COP(=O)(O)OC[C@@H](COC(=O)CCCCCCCCC(C)CC)OC(=O)CCCCCCCCCC(C)C)OC(=O)CCCCCCCCCCCCCCCCCCCCC(C)CC. The third-order valence-electron chi connectivity index (χ3n) is 18.6. The monoisotopic (exact) mass is 1410 g/mol. The molecular formula is C77H150O17P2. The van der Waals surface area contributed by atoms with Gasteiger partial charge in [0.1, 0.15) is 19.3 Å².